The molecule has 3 N–H and O–H groups in total. The molecule has 1 aromatic carbocycles. The summed E-state index contributed by atoms with van der Waals surface area (Å²) in [5.74, 6) is -0.154. The van der Waals surface area contributed by atoms with Crippen LogP contribution in [0.2, 0.25) is 0 Å². The largest absolute Gasteiger partial charge is 0.351 e. The minimum Gasteiger partial charge on any atom is -0.351 e. The third kappa shape index (κ3) is 5.63. The second kappa shape index (κ2) is 9.31. The van der Waals surface area contributed by atoms with Crippen molar-refractivity contribution in [1.29, 1.82) is 0 Å². The van der Waals surface area contributed by atoms with Crippen molar-refractivity contribution in [2.45, 2.75) is 43.5 Å². The number of aryl methyl sites for hydroxylation is 1. The highest BCUT2D eigenvalue weighted by Gasteiger charge is 2.18. The summed E-state index contributed by atoms with van der Waals surface area (Å²) in [4.78, 5) is 24.7. The molecule has 0 spiro atoms. The SMILES string of the molecule is O=C(CCCNS(=O)(=O)c1ccc2c(c1)CCCC(=O)N2)NCc1cccs1. The zero-order valence-electron chi connectivity index (χ0n) is 15.4. The molecule has 28 heavy (non-hydrogen) atoms. The Morgan fingerprint density at radius 1 is 1.21 bits per heavy atom. The van der Waals surface area contributed by atoms with Gasteiger partial charge in [-0.3, -0.25) is 9.59 Å². The third-order valence-corrected chi connectivity index (χ3v) is 6.76. The molecule has 2 aromatic rings. The molecule has 0 radical (unpaired) electrons. The molecule has 0 bridgehead atoms. The number of carbonyl (C=O) groups is 2. The molecule has 3 rings (SSSR count). The lowest BCUT2D eigenvalue weighted by atomic mass is 10.1. The molecule has 0 unspecified atom stereocenters. The zero-order valence-corrected chi connectivity index (χ0v) is 17.0. The van der Waals surface area contributed by atoms with Gasteiger partial charge in [0.2, 0.25) is 21.8 Å². The van der Waals surface area contributed by atoms with Gasteiger partial charge in [-0.2, -0.15) is 0 Å². The maximum atomic E-state index is 12.5. The van der Waals surface area contributed by atoms with E-state index in [1.54, 1.807) is 23.5 Å². The van der Waals surface area contributed by atoms with Crippen LogP contribution in [0.3, 0.4) is 0 Å². The van der Waals surface area contributed by atoms with E-state index in [0.29, 0.717) is 37.9 Å². The first kappa shape index (κ1) is 20.5. The van der Waals surface area contributed by atoms with Gasteiger partial charge < -0.3 is 10.6 Å². The topological polar surface area (TPSA) is 104 Å². The first-order valence-corrected chi connectivity index (χ1v) is 11.5. The third-order valence-electron chi connectivity index (χ3n) is 4.42. The fraction of sp³-hybridized carbons (Fsp3) is 0.368. The van der Waals surface area contributed by atoms with Crippen LogP contribution in [0.25, 0.3) is 0 Å². The highest BCUT2D eigenvalue weighted by molar-refractivity contribution is 7.89. The highest BCUT2D eigenvalue weighted by Crippen LogP contribution is 2.25. The Bertz CT molecular complexity index is 940. The Morgan fingerprint density at radius 3 is 2.86 bits per heavy atom. The van der Waals surface area contributed by atoms with Crippen molar-refractivity contribution in [3.05, 3.63) is 46.2 Å². The summed E-state index contributed by atoms with van der Waals surface area (Å²) in [6.45, 7) is 0.677. The summed E-state index contributed by atoms with van der Waals surface area (Å²) in [6, 6.07) is 8.60. The van der Waals surface area contributed by atoms with E-state index in [4.69, 9.17) is 0 Å². The summed E-state index contributed by atoms with van der Waals surface area (Å²) < 4.78 is 27.5. The molecule has 2 amide bonds. The van der Waals surface area contributed by atoms with Crippen LogP contribution in [0.1, 0.15) is 36.1 Å². The van der Waals surface area contributed by atoms with Crippen LogP contribution < -0.4 is 15.4 Å². The van der Waals surface area contributed by atoms with Crippen molar-refractivity contribution in [3.63, 3.8) is 0 Å². The first-order valence-electron chi connectivity index (χ1n) is 9.15. The highest BCUT2D eigenvalue weighted by atomic mass is 32.2. The number of anilines is 1. The Kier molecular flexibility index (Phi) is 6.82. The molecular weight excluding hydrogens is 398 g/mol. The fourth-order valence-electron chi connectivity index (χ4n) is 2.94. The average Bonchev–Trinajstić information content (AvgIpc) is 3.11. The number of hydrogen-bond acceptors (Lipinski definition) is 5. The van der Waals surface area contributed by atoms with E-state index in [1.807, 2.05) is 17.5 Å². The molecule has 1 aromatic heterocycles. The molecule has 0 saturated carbocycles. The Labute approximate surface area is 168 Å². The lowest BCUT2D eigenvalue weighted by Crippen LogP contribution is -2.27. The predicted molar refractivity (Wildman–Crippen MR) is 109 cm³/mol. The lowest BCUT2D eigenvalue weighted by Gasteiger charge is -2.11. The molecule has 0 atom stereocenters. The van der Waals surface area contributed by atoms with Crippen LogP contribution in [0.15, 0.2) is 40.6 Å². The van der Waals surface area contributed by atoms with Crippen LogP contribution in [-0.4, -0.2) is 26.8 Å². The number of benzene rings is 1. The van der Waals surface area contributed by atoms with Gasteiger partial charge in [-0.15, -0.1) is 11.3 Å². The molecule has 0 saturated heterocycles. The van der Waals surface area contributed by atoms with Gasteiger partial charge in [-0.25, -0.2) is 13.1 Å². The van der Waals surface area contributed by atoms with Crippen LogP contribution in [0, 0.1) is 0 Å². The second-order valence-corrected chi connectivity index (χ2v) is 9.38. The van der Waals surface area contributed by atoms with Crippen LogP contribution in [-0.2, 0) is 32.6 Å². The second-order valence-electron chi connectivity index (χ2n) is 6.58. The van der Waals surface area contributed by atoms with E-state index < -0.39 is 10.0 Å². The van der Waals surface area contributed by atoms with Crippen molar-refractivity contribution < 1.29 is 18.0 Å². The molecule has 150 valence electrons. The van der Waals surface area contributed by atoms with E-state index in [-0.39, 0.29) is 29.7 Å². The Morgan fingerprint density at radius 2 is 2.07 bits per heavy atom. The van der Waals surface area contributed by atoms with E-state index in [0.717, 1.165) is 10.4 Å². The smallest absolute Gasteiger partial charge is 0.240 e. The van der Waals surface area contributed by atoms with Crippen LogP contribution in [0.5, 0.6) is 0 Å². The summed E-state index contributed by atoms with van der Waals surface area (Å²) in [6.07, 6.45) is 2.45. The lowest BCUT2D eigenvalue weighted by molar-refractivity contribution is -0.121. The molecule has 0 aliphatic carbocycles. The number of amides is 2. The van der Waals surface area contributed by atoms with E-state index in [1.165, 1.54) is 6.07 Å². The Hall–Kier alpha value is -2.23. The maximum absolute atomic E-state index is 12.5. The molecule has 0 fully saturated rings. The standard InChI is InChI=1S/C19H23N3O4S2/c23-18(20-13-15-5-3-11-27-15)7-2-10-21-28(25,26)16-8-9-17-14(12-16)4-1-6-19(24)22-17/h3,5,8-9,11-12,21H,1-2,4,6-7,10,13H2,(H,20,23)(H,22,24). The van der Waals surface area contributed by atoms with Gasteiger partial charge in [0.15, 0.2) is 0 Å². The van der Waals surface area contributed by atoms with Gasteiger partial charge in [0.25, 0.3) is 0 Å². The molecule has 9 heteroatoms. The van der Waals surface area contributed by atoms with Gasteiger partial charge >= 0.3 is 0 Å². The van der Waals surface area contributed by atoms with Crippen LogP contribution >= 0.6 is 11.3 Å². The first-order chi connectivity index (χ1) is 13.4. The van der Waals surface area contributed by atoms with Crippen molar-refractivity contribution in [2.75, 3.05) is 11.9 Å². The van der Waals surface area contributed by atoms with Crippen molar-refractivity contribution >= 4 is 38.9 Å². The fourth-order valence-corrected chi connectivity index (χ4v) is 4.71. The number of carbonyl (C=O) groups excluding carboxylic acids is 2. The number of sulfonamides is 1. The van der Waals surface area contributed by atoms with Crippen molar-refractivity contribution in [1.82, 2.24) is 10.0 Å². The normalized spacial score (nSPS) is 14.1. The van der Waals surface area contributed by atoms with Crippen molar-refractivity contribution in [3.8, 4) is 0 Å². The van der Waals surface area contributed by atoms with Gasteiger partial charge in [0, 0.05) is 30.0 Å². The van der Waals surface area contributed by atoms with E-state index >= 15 is 0 Å². The maximum Gasteiger partial charge on any atom is 0.240 e. The number of hydrogen-bond donors (Lipinski definition) is 3. The predicted octanol–water partition coefficient (Wildman–Crippen LogP) is 2.40. The summed E-state index contributed by atoms with van der Waals surface area (Å²) in [5, 5.41) is 7.56. The summed E-state index contributed by atoms with van der Waals surface area (Å²) in [5.41, 5.74) is 1.49. The minimum absolute atomic E-state index is 0.0511. The molecule has 1 aliphatic rings. The Balaban J connectivity index is 1.48. The van der Waals surface area contributed by atoms with E-state index in [9.17, 15) is 18.0 Å². The summed E-state index contributed by atoms with van der Waals surface area (Å²) >= 11 is 1.58. The number of nitrogens with one attached hydrogen (secondary N) is 3. The van der Waals surface area contributed by atoms with Gasteiger partial charge in [-0.1, -0.05) is 6.07 Å². The molecule has 1 aliphatic heterocycles. The number of thiophene rings is 1. The monoisotopic (exact) mass is 421 g/mol. The number of fused-ring (bicyclic) bond motifs is 1. The number of rotatable bonds is 8. The van der Waals surface area contributed by atoms with Gasteiger partial charge in [0.05, 0.1) is 11.4 Å². The summed E-state index contributed by atoms with van der Waals surface area (Å²) in [7, 11) is -3.66. The van der Waals surface area contributed by atoms with Crippen molar-refractivity contribution in [2.24, 2.45) is 0 Å². The quantitative estimate of drug-likeness (QED) is 0.569. The average molecular weight is 422 g/mol. The molecule has 7 nitrogen and oxygen atoms in total. The minimum atomic E-state index is -3.66. The van der Waals surface area contributed by atoms with Crippen LogP contribution in [0.4, 0.5) is 5.69 Å². The van der Waals surface area contributed by atoms with E-state index in [2.05, 4.69) is 15.4 Å². The zero-order chi connectivity index (χ0) is 20.0. The molecule has 2 heterocycles. The molecular formula is C19H23N3O4S2. The van der Waals surface area contributed by atoms with Gasteiger partial charge in [-0.05, 0) is 54.5 Å². The van der Waals surface area contributed by atoms with Gasteiger partial charge in [0.1, 0.15) is 0 Å².